The minimum atomic E-state index is -1.55. The van der Waals surface area contributed by atoms with E-state index >= 15 is 4.39 Å². The Kier molecular flexibility index (Phi) is 8.04. The van der Waals surface area contributed by atoms with Gasteiger partial charge in [-0.3, -0.25) is 14.6 Å². The fourth-order valence-corrected chi connectivity index (χ4v) is 5.50. The summed E-state index contributed by atoms with van der Waals surface area (Å²) >= 11 is 1.48. The molecular weight excluding hydrogens is 546 g/mol. The summed E-state index contributed by atoms with van der Waals surface area (Å²) in [5.74, 6) is -4.62. The number of aromatic nitrogens is 1. The molecule has 5 rings (SSSR count). The number of carbonyl (C=O) groups excluding carboxylic acids is 2. The highest BCUT2D eigenvalue weighted by molar-refractivity contribution is 7.22. The molecule has 3 aromatic carbocycles. The molecule has 2 amide bonds. The number of nitrogens with one attached hydrogen (secondary N) is 1. The van der Waals surface area contributed by atoms with E-state index in [-0.39, 0.29) is 17.0 Å². The smallest absolute Gasteiger partial charge is 0.241 e. The number of hydrogen-bond donors (Lipinski definition) is 2. The Morgan fingerprint density at radius 2 is 1.78 bits per heavy atom. The topological polar surface area (TPSA) is 97.6 Å². The Labute approximate surface area is 239 Å². The highest BCUT2D eigenvalue weighted by atomic mass is 32.1. The molecule has 1 unspecified atom stereocenters. The average molecular weight is 573 g/mol. The lowest BCUT2D eigenvalue weighted by atomic mass is 9.97. The second kappa shape index (κ2) is 11.8. The summed E-state index contributed by atoms with van der Waals surface area (Å²) in [6.45, 7) is 0.808. The Morgan fingerprint density at radius 1 is 0.976 bits per heavy atom. The number of rotatable bonds is 9. The first-order chi connectivity index (χ1) is 19.7. The van der Waals surface area contributed by atoms with Crippen molar-refractivity contribution in [1.82, 2.24) is 9.88 Å². The van der Waals surface area contributed by atoms with E-state index in [0.717, 1.165) is 33.8 Å². The molecule has 0 saturated carbocycles. The number of nitrogens with zero attached hydrogens (tertiary/aromatic N) is 2. The molecule has 0 radical (unpaired) electrons. The number of amides is 2. The van der Waals surface area contributed by atoms with Crippen molar-refractivity contribution in [3.63, 3.8) is 0 Å². The van der Waals surface area contributed by atoms with Gasteiger partial charge in [0.2, 0.25) is 11.8 Å². The van der Waals surface area contributed by atoms with Crippen molar-refractivity contribution in [2.45, 2.75) is 12.5 Å². The molecule has 0 aliphatic rings. The molecule has 0 fully saturated rings. The molecule has 5 aromatic rings. The molecule has 0 spiro atoms. The lowest BCUT2D eigenvalue weighted by molar-refractivity contribution is -0.127. The average Bonchev–Trinajstić information content (AvgIpc) is 3.37. The number of ether oxygens (including phenoxy) is 1. The zero-order valence-electron chi connectivity index (χ0n) is 22.2. The Morgan fingerprint density at radius 3 is 2.51 bits per heavy atom. The standard InChI is InChI=1S/C31H26F2N4O3S/c1-37(2)17-18-6-5-7-19(14-18)27-16-24-29(41-27)26(12-13-35-24)40-25-11-10-20(15-22(25)33)28(30(34)38)31(39)36-23-9-4-3-8-21(23)32/h3-16,28H,17H2,1-2H3,(H2,34,38)(H,36,39). The van der Waals surface area contributed by atoms with Crippen LogP contribution in [0.25, 0.3) is 20.7 Å². The maximum atomic E-state index is 15.2. The zero-order valence-corrected chi connectivity index (χ0v) is 23.0. The van der Waals surface area contributed by atoms with E-state index in [9.17, 15) is 14.0 Å². The van der Waals surface area contributed by atoms with Crippen LogP contribution in [0.5, 0.6) is 11.5 Å². The Balaban J connectivity index is 1.40. The first kappa shape index (κ1) is 27.9. The summed E-state index contributed by atoms with van der Waals surface area (Å²) in [6.07, 6.45) is 1.58. The highest BCUT2D eigenvalue weighted by Gasteiger charge is 2.28. The quantitative estimate of drug-likeness (QED) is 0.202. The Hall–Kier alpha value is -4.67. The molecule has 41 heavy (non-hydrogen) atoms. The van der Waals surface area contributed by atoms with Crippen LogP contribution >= 0.6 is 11.3 Å². The van der Waals surface area contributed by atoms with Gasteiger partial charge in [0.1, 0.15) is 17.5 Å². The normalized spacial score (nSPS) is 11.9. The van der Waals surface area contributed by atoms with Crippen molar-refractivity contribution >= 4 is 39.1 Å². The SMILES string of the molecule is CN(C)Cc1cccc(-c2cc3nccc(Oc4ccc(C(C(N)=O)C(=O)Nc5ccccc5F)cc4F)c3s2)c1. The van der Waals surface area contributed by atoms with Crippen LogP contribution in [0.3, 0.4) is 0 Å². The van der Waals surface area contributed by atoms with Gasteiger partial charge < -0.3 is 20.7 Å². The van der Waals surface area contributed by atoms with Gasteiger partial charge in [-0.05, 0) is 67.2 Å². The van der Waals surface area contributed by atoms with Crippen LogP contribution in [-0.2, 0) is 16.1 Å². The van der Waals surface area contributed by atoms with Gasteiger partial charge in [0.05, 0.1) is 15.9 Å². The van der Waals surface area contributed by atoms with Gasteiger partial charge in [-0.1, -0.05) is 36.4 Å². The number of nitrogens with two attached hydrogens (primary N) is 1. The lowest BCUT2D eigenvalue weighted by Gasteiger charge is -2.16. The van der Waals surface area contributed by atoms with Gasteiger partial charge in [0.15, 0.2) is 11.6 Å². The molecule has 0 saturated heterocycles. The number of carbonyl (C=O) groups is 2. The summed E-state index contributed by atoms with van der Waals surface area (Å²) in [6, 6.07) is 21.1. The fraction of sp³-hybridized carbons (Fsp3) is 0.129. The van der Waals surface area contributed by atoms with E-state index < -0.39 is 29.4 Å². The van der Waals surface area contributed by atoms with Crippen LogP contribution in [0.1, 0.15) is 17.0 Å². The van der Waals surface area contributed by atoms with Gasteiger partial charge in [-0.2, -0.15) is 0 Å². The number of thiophene rings is 1. The number of benzene rings is 3. The second-order valence-electron chi connectivity index (χ2n) is 9.67. The number of fused-ring (bicyclic) bond motifs is 1. The monoisotopic (exact) mass is 572 g/mol. The van der Waals surface area contributed by atoms with Crippen LogP contribution in [0.2, 0.25) is 0 Å². The van der Waals surface area contributed by atoms with E-state index in [4.69, 9.17) is 10.5 Å². The van der Waals surface area contributed by atoms with Gasteiger partial charge in [0, 0.05) is 23.7 Å². The maximum Gasteiger partial charge on any atom is 0.241 e. The summed E-state index contributed by atoms with van der Waals surface area (Å²) in [5, 5.41) is 2.34. The highest BCUT2D eigenvalue weighted by Crippen LogP contribution is 2.40. The first-order valence-corrected chi connectivity index (χ1v) is 13.5. The third-order valence-electron chi connectivity index (χ3n) is 6.27. The van der Waals surface area contributed by atoms with Gasteiger partial charge >= 0.3 is 0 Å². The summed E-state index contributed by atoms with van der Waals surface area (Å²) < 4.78 is 35.9. The molecule has 0 bridgehead atoms. The van der Waals surface area contributed by atoms with Crippen molar-refractivity contribution in [2.75, 3.05) is 19.4 Å². The minimum Gasteiger partial charge on any atom is -0.453 e. The fourth-order valence-electron chi connectivity index (χ4n) is 4.44. The van der Waals surface area contributed by atoms with E-state index in [1.54, 1.807) is 12.3 Å². The number of halogens is 2. The number of pyridine rings is 1. The molecule has 2 heterocycles. The number of anilines is 1. The summed E-state index contributed by atoms with van der Waals surface area (Å²) in [5.41, 5.74) is 8.27. The van der Waals surface area contributed by atoms with E-state index in [0.29, 0.717) is 11.3 Å². The molecule has 1 atom stereocenters. The number of hydrogen-bond acceptors (Lipinski definition) is 6. The predicted octanol–water partition coefficient (Wildman–Crippen LogP) is 6.30. The third kappa shape index (κ3) is 6.24. The number of para-hydroxylation sites is 1. The van der Waals surface area contributed by atoms with Crippen molar-refractivity contribution in [3.8, 4) is 21.9 Å². The van der Waals surface area contributed by atoms with Crippen molar-refractivity contribution in [3.05, 3.63) is 108 Å². The van der Waals surface area contributed by atoms with Gasteiger partial charge in [-0.15, -0.1) is 11.3 Å². The van der Waals surface area contributed by atoms with Crippen molar-refractivity contribution < 1.29 is 23.1 Å². The molecule has 208 valence electrons. The third-order valence-corrected chi connectivity index (χ3v) is 7.46. The molecule has 0 aliphatic heterocycles. The van der Waals surface area contributed by atoms with Crippen molar-refractivity contribution in [1.29, 1.82) is 0 Å². The minimum absolute atomic E-state index is 0.00656. The van der Waals surface area contributed by atoms with E-state index in [2.05, 4.69) is 27.3 Å². The van der Waals surface area contributed by atoms with Crippen molar-refractivity contribution in [2.24, 2.45) is 5.73 Å². The maximum absolute atomic E-state index is 15.2. The largest absolute Gasteiger partial charge is 0.453 e. The van der Waals surface area contributed by atoms with E-state index in [1.165, 1.54) is 47.2 Å². The van der Waals surface area contributed by atoms with Crippen LogP contribution in [0, 0.1) is 11.6 Å². The molecular formula is C31H26F2N4O3S. The van der Waals surface area contributed by atoms with Crippen LogP contribution < -0.4 is 15.8 Å². The Bertz CT molecular complexity index is 1760. The molecule has 2 aromatic heterocycles. The zero-order chi connectivity index (χ0) is 29.1. The van der Waals surface area contributed by atoms with Gasteiger partial charge in [0.25, 0.3) is 0 Å². The predicted molar refractivity (Wildman–Crippen MR) is 156 cm³/mol. The van der Waals surface area contributed by atoms with Gasteiger partial charge in [-0.25, -0.2) is 8.78 Å². The van der Waals surface area contributed by atoms with E-state index in [1.807, 2.05) is 32.3 Å². The molecule has 3 N–H and O–H groups in total. The first-order valence-electron chi connectivity index (χ1n) is 12.6. The molecule has 7 nitrogen and oxygen atoms in total. The van der Waals surface area contributed by atoms with Crippen LogP contribution in [0.4, 0.5) is 14.5 Å². The molecule has 10 heteroatoms. The summed E-state index contributed by atoms with van der Waals surface area (Å²) in [7, 11) is 4.03. The van der Waals surface area contributed by atoms with Crippen LogP contribution in [0.15, 0.2) is 85.1 Å². The molecule has 0 aliphatic carbocycles. The van der Waals surface area contributed by atoms with Crippen LogP contribution in [-0.4, -0.2) is 35.8 Å². The second-order valence-corrected chi connectivity index (χ2v) is 10.7. The number of primary amides is 1. The lowest BCUT2D eigenvalue weighted by Crippen LogP contribution is -2.32. The summed E-state index contributed by atoms with van der Waals surface area (Å²) in [4.78, 5) is 32.5.